The van der Waals surface area contributed by atoms with E-state index in [4.69, 9.17) is 5.11 Å². The highest BCUT2D eigenvalue weighted by Crippen LogP contribution is 2.28. The van der Waals surface area contributed by atoms with Gasteiger partial charge >= 0.3 is 5.97 Å². The molecular formula is C8H17NO2S. The number of rotatable bonds is 4. The van der Waals surface area contributed by atoms with Gasteiger partial charge in [0, 0.05) is 6.04 Å². The summed E-state index contributed by atoms with van der Waals surface area (Å²) in [4.78, 5) is 10.7. The first-order valence-corrected chi connectivity index (χ1v) is 4.70. The van der Waals surface area contributed by atoms with Gasteiger partial charge in [-0.05, 0) is 34.7 Å². The van der Waals surface area contributed by atoms with Gasteiger partial charge in [0.15, 0.2) is 0 Å². The van der Waals surface area contributed by atoms with Crippen LogP contribution < -0.4 is 0 Å². The third kappa shape index (κ3) is 3.45. The minimum atomic E-state index is -0.778. The molecule has 0 aliphatic rings. The summed E-state index contributed by atoms with van der Waals surface area (Å²) in [6.07, 6.45) is 0. The quantitative estimate of drug-likeness (QED) is 0.688. The van der Waals surface area contributed by atoms with Crippen molar-refractivity contribution in [2.45, 2.75) is 38.5 Å². The fourth-order valence-electron chi connectivity index (χ4n) is 0.504. The van der Waals surface area contributed by atoms with E-state index in [0.29, 0.717) is 6.04 Å². The Hall–Kier alpha value is -0.220. The molecule has 3 nitrogen and oxygen atoms in total. The molecule has 0 aliphatic carbocycles. The minimum absolute atomic E-state index is 0.355. The van der Waals surface area contributed by atoms with Crippen molar-refractivity contribution in [1.29, 1.82) is 0 Å². The molecule has 0 bridgehead atoms. The van der Waals surface area contributed by atoms with E-state index < -0.39 is 10.7 Å². The number of hydrogen-bond acceptors (Lipinski definition) is 3. The molecule has 0 fully saturated rings. The molecule has 0 rings (SSSR count). The maximum absolute atomic E-state index is 10.7. The van der Waals surface area contributed by atoms with Crippen molar-refractivity contribution >= 4 is 17.9 Å². The lowest BCUT2D eigenvalue weighted by Crippen LogP contribution is -2.34. The van der Waals surface area contributed by atoms with Crippen molar-refractivity contribution < 1.29 is 9.90 Å². The zero-order valence-corrected chi connectivity index (χ0v) is 9.10. The van der Waals surface area contributed by atoms with Crippen LogP contribution in [-0.4, -0.2) is 33.2 Å². The molecule has 0 spiro atoms. The maximum atomic E-state index is 10.7. The van der Waals surface area contributed by atoms with E-state index >= 15 is 0 Å². The number of carbonyl (C=O) groups is 1. The Morgan fingerprint density at radius 1 is 1.50 bits per heavy atom. The van der Waals surface area contributed by atoms with Crippen LogP contribution in [0.2, 0.25) is 0 Å². The van der Waals surface area contributed by atoms with Gasteiger partial charge in [0.25, 0.3) is 0 Å². The van der Waals surface area contributed by atoms with Gasteiger partial charge < -0.3 is 5.11 Å². The van der Waals surface area contributed by atoms with E-state index in [1.807, 2.05) is 25.2 Å². The Bertz CT molecular complexity index is 168. The minimum Gasteiger partial charge on any atom is -0.480 e. The fraction of sp³-hybridized carbons (Fsp3) is 0.875. The molecule has 12 heavy (non-hydrogen) atoms. The van der Waals surface area contributed by atoms with Crippen LogP contribution in [-0.2, 0) is 4.79 Å². The molecule has 0 aliphatic heterocycles. The van der Waals surface area contributed by atoms with E-state index in [-0.39, 0.29) is 0 Å². The molecular weight excluding hydrogens is 174 g/mol. The second kappa shape index (κ2) is 4.14. The third-order valence-corrected chi connectivity index (χ3v) is 2.96. The van der Waals surface area contributed by atoms with E-state index in [1.165, 1.54) is 11.9 Å². The number of carboxylic acids is 1. The van der Waals surface area contributed by atoms with Crippen LogP contribution in [0.5, 0.6) is 0 Å². The third-order valence-electron chi connectivity index (χ3n) is 1.61. The van der Waals surface area contributed by atoms with E-state index in [9.17, 15) is 4.79 Å². The van der Waals surface area contributed by atoms with E-state index in [0.717, 1.165) is 0 Å². The topological polar surface area (TPSA) is 40.5 Å². The Labute approximate surface area is 78.3 Å². The van der Waals surface area contributed by atoms with Gasteiger partial charge in [-0.2, -0.15) is 0 Å². The first-order chi connectivity index (χ1) is 5.27. The van der Waals surface area contributed by atoms with Crippen LogP contribution in [0.25, 0.3) is 0 Å². The van der Waals surface area contributed by atoms with Crippen molar-refractivity contribution in [2.24, 2.45) is 0 Å². The van der Waals surface area contributed by atoms with Crippen molar-refractivity contribution in [3.8, 4) is 0 Å². The predicted molar refractivity (Wildman–Crippen MR) is 52.2 cm³/mol. The summed E-state index contributed by atoms with van der Waals surface area (Å²) in [6, 6.07) is 0.355. The highest BCUT2D eigenvalue weighted by molar-refractivity contribution is 7.99. The molecule has 0 aromatic rings. The molecule has 0 heterocycles. The summed E-state index contributed by atoms with van der Waals surface area (Å²) < 4.78 is 1.22. The lowest BCUT2D eigenvalue weighted by Gasteiger charge is -2.27. The average Bonchev–Trinajstić information content (AvgIpc) is 1.85. The van der Waals surface area contributed by atoms with Gasteiger partial charge in [-0.3, -0.25) is 9.10 Å². The fourth-order valence-corrected chi connectivity index (χ4v) is 1.51. The zero-order chi connectivity index (χ0) is 9.94. The molecule has 0 unspecified atom stereocenters. The number of aliphatic carboxylic acids is 1. The van der Waals surface area contributed by atoms with Crippen LogP contribution in [0.4, 0.5) is 0 Å². The summed E-state index contributed by atoms with van der Waals surface area (Å²) in [5.74, 6) is -0.778. The van der Waals surface area contributed by atoms with Gasteiger partial charge in [0.1, 0.15) is 4.75 Å². The summed E-state index contributed by atoms with van der Waals surface area (Å²) in [6.45, 7) is 7.48. The Morgan fingerprint density at radius 3 is 2.17 bits per heavy atom. The molecule has 0 saturated carbocycles. The molecule has 0 saturated heterocycles. The normalized spacial score (nSPS) is 12.6. The smallest absolute Gasteiger partial charge is 0.320 e. The highest BCUT2D eigenvalue weighted by atomic mass is 32.2. The monoisotopic (exact) mass is 191 g/mol. The largest absolute Gasteiger partial charge is 0.480 e. The van der Waals surface area contributed by atoms with Crippen molar-refractivity contribution in [2.75, 3.05) is 7.05 Å². The first kappa shape index (κ1) is 11.8. The Morgan fingerprint density at radius 2 is 1.92 bits per heavy atom. The van der Waals surface area contributed by atoms with Gasteiger partial charge in [-0.15, -0.1) is 0 Å². The number of nitrogens with zero attached hydrogens (tertiary/aromatic N) is 1. The van der Waals surface area contributed by atoms with E-state index in [1.54, 1.807) is 13.8 Å². The lowest BCUT2D eigenvalue weighted by atomic mass is 10.2. The predicted octanol–water partition coefficient (Wildman–Crippen LogP) is 1.84. The summed E-state index contributed by atoms with van der Waals surface area (Å²) in [7, 11) is 1.90. The Kier molecular flexibility index (Phi) is 4.06. The first-order valence-electron chi connectivity index (χ1n) is 3.92. The SMILES string of the molecule is CC(C)N(C)SC(C)(C)C(=O)O. The van der Waals surface area contributed by atoms with Crippen molar-refractivity contribution in [1.82, 2.24) is 4.31 Å². The van der Waals surface area contributed by atoms with Crippen LogP contribution in [0.3, 0.4) is 0 Å². The van der Waals surface area contributed by atoms with Gasteiger partial charge in [0.05, 0.1) is 0 Å². The van der Waals surface area contributed by atoms with Gasteiger partial charge in [-0.25, -0.2) is 0 Å². The number of carboxylic acid groups (broad SMARTS) is 1. The molecule has 0 aromatic carbocycles. The summed E-state index contributed by atoms with van der Waals surface area (Å²) >= 11 is 1.35. The van der Waals surface area contributed by atoms with Crippen molar-refractivity contribution in [3.63, 3.8) is 0 Å². The summed E-state index contributed by atoms with van der Waals surface area (Å²) in [5.41, 5.74) is 0. The second-order valence-corrected chi connectivity index (χ2v) is 5.33. The highest BCUT2D eigenvalue weighted by Gasteiger charge is 2.30. The van der Waals surface area contributed by atoms with Gasteiger partial charge in [0.2, 0.25) is 0 Å². The molecule has 0 radical (unpaired) electrons. The van der Waals surface area contributed by atoms with Crippen LogP contribution in [0.1, 0.15) is 27.7 Å². The standard InChI is InChI=1S/C8H17NO2S/c1-6(2)9(5)12-8(3,4)7(10)11/h6H,1-5H3,(H,10,11). The van der Waals surface area contributed by atoms with Crippen LogP contribution in [0, 0.1) is 0 Å². The molecule has 0 atom stereocenters. The Balaban J connectivity index is 4.15. The van der Waals surface area contributed by atoms with Crippen molar-refractivity contribution in [3.05, 3.63) is 0 Å². The molecule has 1 N–H and O–H groups in total. The molecule has 72 valence electrons. The average molecular weight is 191 g/mol. The number of hydrogen-bond donors (Lipinski definition) is 1. The molecule has 0 aromatic heterocycles. The molecule has 4 heteroatoms. The van der Waals surface area contributed by atoms with Crippen LogP contribution >= 0.6 is 11.9 Å². The second-order valence-electron chi connectivity index (χ2n) is 3.55. The van der Waals surface area contributed by atoms with E-state index in [2.05, 4.69) is 0 Å². The summed E-state index contributed by atoms with van der Waals surface area (Å²) in [5, 5.41) is 8.82. The van der Waals surface area contributed by atoms with Crippen LogP contribution in [0.15, 0.2) is 0 Å². The lowest BCUT2D eigenvalue weighted by molar-refractivity contribution is -0.138. The van der Waals surface area contributed by atoms with Gasteiger partial charge in [-0.1, -0.05) is 11.9 Å². The zero-order valence-electron chi connectivity index (χ0n) is 8.29. The maximum Gasteiger partial charge on any atom is 0.320 e. The molecule has 0 amide bonds.